The number of aryl methyl sites for hydroxylation is 1. The van der Waals surface area contributed by atoms with Gasteiger partial charge >= 0.3 is 0 Å². The number of H-pyrrole nitrogens is 1. The van der Waals surface area contributed by atoms with Crippen molar-refractivity contribution >= 4 is 0 Å². The molecule has 1 aromatic heterocycles. The minimum absolute atomic E-state index is 0.453. The van der Waals surface area contributed by atoms with Crippen molar-refractivity contribution in [2.75, 3.05) is 0 Å². The average Bonchev–Trinajstić information content (AvgIpc) is 2.32. The Kier molecular flexibility index (Phi) is 1.95. The van der Waals surface area contributed by atoms with Gasteiger partial charge in [-0.15, -0.1) is 0 Å². The van der Waals surface area contributed by atoms with Gasteiger partial charge in [0, 0.05) is 6.42 Å². The van der Waals surface area contributed by atoms with E-state index in [1.165, 1.54) is 0 Å². The molecule has 0 atom stereocenters. The van der Waals surface area contributed by atoms with Crippen molar-refractivity contribution in [3.63, 3.8) is 0 Å². The third-order valence-corrected chi connectivity index (χ3v) is 1.41. The first-order valence-electron chi connectivity index (χ1n) is 3.68. The van der Waals surface area contributed by atoms with E-state index in [0.29, 0.717) is 5.82 Å². The molecule has 4 nitrogen and oxygen atoms in total. The van der Waals surface area contributed by atoms with Crippen LogP contribution in [0.25, 0.3) is 0 Å². The van der Waals surface area contributed by atoms with Crippen molar-refractivity contribution in [1.29, 1.82) is 0 Å². The Bertz CT molecular complexity index is 236. The molecule has 0 fully saturated rings. The number of rotatable bonds is 2. The summed E-state index contributed by atoms with van der Waals surface area (Å²) in [5.41, 5.74) is -0.941. The van der Waals surface area contributed by atoms with E-state index in [-0.39, 0.29) is 0 Å². The van der Waals surface area contributed by atoms with Gasteiger partial charge in [-0.05, 0) is 13.8 Å². The van der Waals surface area contributed by atoms with Crippen LogP contribution in [-0.2, 0) is 12.0 Å². The molecule has 1 rings (SSSR count). The molecule has 0 aliphatic rings. The Labute approximate surface area is 65.7 Å². The molecule has 0 saturated heterocycles. The summed E-state index contributed by atoms with van der Waals surface area (Å²) in [6.45, 7) is 5.31. The van der Waals surface area contributed by atoms with Gasteiger partial charge in [0.2, 0.25) is 0 Å². The Hall–Kier alpha value is -0.900. The van der Waals surface area contributed by atoms with E-state index in [4.69, 9.17) is 0 Å². The van der Waals surface area contributed by atoms with E-state index < -0.39 is 5.60 Å². The molecular formula is C7H13N3O. The Morgan fingerprint density at radius 2 is 2.18 bits per heavy atom. The van der Waals surface area contributed by atoms with Gasteiger partial charge in [0.1, 0.15) is 11.4 Å². The van der Waals surface area contributed by atoms with Crippen LogP contribution in [0.15, 0.2) is 0 Å². The maximum Gasteiger partial charge on any atom is 0.181 e. The third kappa shape index (κ3) is 1.77. The quantitative estimate of drug-likeness (QED) is 0.657. The maximum atomic E-state index is 9.45. The summed E-state index contributed by atoms with van der Waals surface area (Å²) in [7, 11) is 0. The molecule has 0 amide bonds. The second kappa shape index (κ2) is 2.62. The van der Waals surface area contributed by atoms with Crippen molar-refractivity contribution in [2.24, 2.45) is 0 Å². The molecule has 0 unspecified atom stereocenters. The Morgan fingerprint density at radius 3 is 2.45 bits per heavy atom. The molecule has 11 heavy (non-hydrogen) atoms. The topological polar surface area (TPSA) is 61.8 Å². The van der Waals surface area contributed by atoms with Crippen LogP contribution < -0.4 is 0 Å². The second-order valence-corrected chi connectivity index (χ2v) is 3.02. The minimum Gasteiger partial charge on any atom is -0.382 e. The minimum atomic E-state index is -0.941. The average molecular weight is 155 g/mol. The number of nitrogens with zero attached hydrogens (tertiary/aromatic N) is 2. The van der Waals surface area contributed by atoms with E-state index in [1.807, 2.05) is 6.92 Å². The smallest absolute Gasteiger partial charge is 0.181 e. The van der Waals surface area contributed by atoms with Crippen LogP contribution in [0.5, 0.6) is 0 Å². The maximum absolute atomic E-state index is 9.45. The summed E-state index contributed by atoms with van der Waals surface area (Å²) < 4.78 is 0. The predicted octanol–water partition coefficient (Wildman–Crippen LogP) is 0.594. The van der Waals surface area contributed by atoms with E-state index in [9.17, 15) is 5.11 Å². The number of nitrogens with one attached hydrogen (secondary N) is 1. The largest absolute Gasteiger partial charge is 0.382 e. The number of hydrogen-bond acceptors (Lipinski definition) is 3. The van der Waals surface area contributed by atoms with Gasteiger partial charge in [0.25, 0.3) is 0 Å². The zero-order valence-electron chi connectivity index (χ0n) is 7.05. The highest BCUT2D eigenvalue weighted by Crippen LogP contribution is 2.13. The first-order chi connectivity index (χ1) is 5.04. The van der Waals surface area contributed by atoms with E-state index in [0.717, 1.165) is 12.2 Å². The zero-order valence-corrected chi connectivity index (χ0v) is 7.05. The lowest BCUT2D eigenvalue weighted by Crippen LogP contribution is -2.17. The lowest BCUT2D eigenvalue weighted by molar-refractivity contribution is 0.0691. The van der Waals surface area contributed by atoms with Crippen molar-refractivity contribution in [2.45, 2.75) is 32.8 Å². The van der Waals surface area contributed by atoms with Crippen LogP contribution in [0.2, 0.25) is 0 Å². The summed E-state index contributed by atoms with van der Waals surface area (Å²) >= 11 is 0. The molecule has 1 aromatic rings. The standard InChI is InChI=1S/C7H13N3O/c1-4-5-8-6(10-9-5)7(2,3)11/h11H,4H2,1-3H3,(H,8,9,10). The molecule has 2 N–H and O–H groups in total. The summed E-state index contributed by atoms with van der Waals surface area (Å²) in [5, 5.41) is 16.1. The fourth-order valence-electron chi connectivity index (χ4n) is 0.727. The number of aromatic amines is 1. The van der Waals surface area contributed by atoms with Crippen molar-refractivity contribution in [3.05, 3.63) is 11.6 Å². The van der Waals surface area contributed by atoms with Crippen molar-refractivity contribution in [3.8, 4) is 0 Å². The number of hydrogen-bond donors (Lipinski definition) is 2. The van der Waals surface area contributed by atoms with Crippen LogP contribution in [0.3, 0.4) is 0 Å². The monoisotopic (exact) mass is 155 g/mol. The summed E-state index contributed by atoms with van der Waals surface area (Å²) in [5.74, 6) is 1.26. The first kappa shape index (κ1) is 8.20. The van der Waals surface area contributed by atoms with Crippen LogP contribution in [0.1, 0.15) is 32.4 Å². The van der Waals surface area contributed by atoms with Crippen LogP contribution in [-0.4, -0.2) is 20.3 Å². The highest BCUT2D eigenvalue weighted by molar-refractivity contribution is 4.98. The van der Waals surface area contributed by atoms with Gasteiger partial charge in [0.05, 0.1) is 0 Å². The van der Waals surface area contributed by atoms with Gasteiger partial charge in [-0.3, -0.25) is 5.10 Å². The van der Waals surface area contributed by atoms with Gasteiger partial charge in [-0.2, -0.15) is 5.10 Å². The first-order valence-corrected chi connectivity index (χ1v) is 3.68. The molecule has 0 saturated carbocycles. The van der Waals surface area contributed by atoms with Crippen LogP contribution >= 0.6 is 0 Å². The zero-order chi connectivity index (χ0) is 8.48. The molecule has 62 valence electrons. The molecule has 0 aromatic carbocycles. The summed E-state index contributed by atoms with van der Waals surface area (Å²) in [6, 6.07) is 0. The van der Waals surface area contributed by atoms with Gasteiger partial charge < -0.3 is 5.11 Å². The normalized spacial score (nSPS) is 12.0. The van der Waals surface area contributed by atoms with Crippen LogP contribution in [0.4, 0.5) is 0 Å². The predicted molar refractivity (Wildman–Crippen MR) is 41.0 cm³/mol. The lowest BCUT2D eigenvalue weighted by atomic mass is 10.1. The number of aromatic nitrogens is 3. The third-order valence-electron chi connectivity index (χ3n) is 1.41. The molecule has 1 heterocycles. The molecule has 0 bridgehead atoms. The van der Waals surface area contributed by atoms with Gasteiger partial charge in [0.15, 0.2) is 5.82 Å². The van der Waals surface area contributed by atoms with E-state index in [2.05, 4.69) is 15.2 Å². The number of aliphatic hydroxyl groups is 1. The van der Waals surface area contributed by atoms with E-state index >= 15 is 0 Å². The molecule has 4 heteroatoms. The molecule has 0 aliphatic carbocycles. The highest BCUT2D eigenvalue weighted by atomic mass is 16.3. The SMILES string of the molecule is CCc1nc(C(C)(C)O)n[nH]1. The highest BCUT2D eigenvalue weighted by Gasteiger charge is 2.20. The fourth-order valence-corrected chi connectivity index (χ4v) is 0.727. The lowest BCUT2D eigenvalue weighted by Gasteiger charge is -2.10. The second-order valence-electron chi connectivity index (χ2n) is 3.02. The molecule has 0 aliphatic heterocycles. The van der Waals surface area contributed by atoms with E-state index in [1.54, 1.807) is 13.8 Å². The van der Waals surface area contributed by atoms with Crippen LogP contribution in [0, 0.1) is 0 Å². The summed E-state index contributed by atoms with van der Waals surface area (Å²) in [6.07, 6.45) is 0.809. The van der Waals surface area contributed by atoms with Gasteiger partial charge in [-0.1, -0.05) is 6.92 Å². The molecular weight excluding hydrogens is 142 g/mol. The van der Waals surface area contributed by atoms with Gasteiger partial charge in [-0.25, -0.2) is 4.98 Å². The molecule has 0 radical (unpaired) electrons. The van der Waals surface area contributed by atoms with Crippen molar-refractivity contribution in [1.82, 2.24) is 15.2 Å². The molecule has 0 spiro atoms. The van der Waals surface area contributed by atoms with Crippen molar-refractivity contribution < 1.29 is 5.11 Å². The Morgan fingerprint density at radius 1 is 1.55 bits per heavy atom. The summed E-state index contributed by atoms with van der Waals surface area (Å²) in [4.78, 5) is 4.08. The fraction of sp³-hybridized carbons (Fsp3) is 0.714. The Balaban J connectivity index is 2.89.